The van der Waals surface area contributed by atoms with Crippen LogP contribution in [-0.2, 0) is 14.3 Å². The van der Waals surface area contributed by atoms with Crippen molar-refractivity contribution in [1.82, 2.24) is 0 Å². The number of hydrogen-bond acceptors (Lipinski definition) is 8. The highest BCUT2D eigenvalue weighted by molar-refractivity contribution is 14.1. The summed E-state index contributed by atoms with van der Waals surface area (Å²) in [5.74, 6) is -0.292. The van der Waals surface area contributed by atoms with Gasteiger partial charge in [-0.25, -0.2) is 9.79 Å². The zero-order chi connectivity index (χ0) is 23.4. The number of esters is 2. The fraction of sp³-hybridized carbons (Fsp3) is 0.227. The van der Waals surface area contributed by atoms with E-state index in [0.29, 0.717) is 38.2 Å². The van der Waals surface area contributed by atoms with Gasteiger partial charge in [-0.2, -0.15) is 0 Å². The standard InChI is InChI=1S/C22H19IN2O7/c1-4-5-19(26)31-20-15(23)9-13(11-18(20)30-3)10-16-22(27)32-21(24-16)14-6-7-17(25(28)29)12(2)8-14/h6-11H,4-5H2,1-3H3/b16-10-. The summed E-state index contributed by atoms with van der Waals surface area (Å²) in [7, 11) is 1.45. The first kappa shape index (κ1) is 23.4. The molecule has 0 aromatic heterocycles. The molecule has 0 amide bonds. The van der Waals surface area contributed by atoms with Crippen molar-refractivity contribution >= 4 is 52.2 Å². The Kier molecular flexibility index (Phi) is 7.23. The Labute approximate surface area is 197 Å². The van der Waals surface area contributed by atoms with Crippen molar-refractivity contribution in [3.63, 3.8) is 0 Å². The second-order valence-corrected chi connectivity index (χ2v) is 8.01. The highest BCUT2D eigenvalue weighted by Gasteiger charge is 2.26. The first-order valence-corrected chi connectivity index (χ1v) is 10.7. The molecule has 2 aromatic carbocycles. The molecular formula is C22H19IN2O7. The number of nitrogens with zero attached hydrogens (tertiary/aromatic N) is 2. The quantitative estimate of drug-likeness (QED) is 0.124. The van der Waals surface area contributed by atoms with Crippen LogP contribution in [0.25, 0.3) is 6.08 Å². The van der Waals surface area contributed by atoms with Crippen molar-refractivity contribution in [3.8, 4) is 11.5 Å². The highest BCUT2D eigenvalue weighted by atomic mass is 127. The van der Waals surface area contributed by atoms with Crippen LogP contribution in [0.3, 0.4) is 0 Å². The van der Waals surface area contributed by atoms with Gasteiger partial charge < -0.3 is 14.2 Å². The molecule has 1 aliphatic rings. The Morgan fingerprint density at radius 2 is 2.06 bits per heavy atom. The van der Waals surface area contributed by atoms with Crippen LogP contribution in [0.5, 0.6) is 11.5 Å². The van der Waals surface area contributed by atoms with Crippen LogP contribution in [0.2, 0.25) is 0 Å². The van der Waals surface area contributed by atoms with Gasteiger partial charge in [-0.3, -0.25) is 14.9 Å². The van der Waals surface area contributed by atoms with Crippen molar-refractivity contribution in [2.45, 2.75) is 26.7 Å². The molecule has 0 unspecified atom stereocenters. The minimum absolute atomic E-state index is 0.0316. The molecule has 0 spiro atoms. The Morgan fingerprint density at radius 1 is 1.31 bits per heavy atom. The van der Waals surface area contributed by atoms with Crippen LogP contribution >= 0.6 is 22.6 Å². The van der Waals surface area contributed by atoms with Crippen molar-refractivity contribution < 1.29 is 28.7 Å². The minimum atomic E-state index is -0.650. The van der Waals surface area contributed by atoms with E-state index in [1.807, 2.05) is 29.5 Å². The number of carbonyl (C=O) groups excluding carboxylic acids is 2. The van der Waals surface area contributed by atoms with Gasteiger partial charge >= 0.3 is 11.9 Å². The highest BCUT2D eigenvalue weighted by Crippen LogP contribution is 2.35. The molecule has 3 rings (SSSR count). The summed E-state index contributed by atoms with van der Waals surface area (Å²) in [6.45, 7) is 3.48. The molecule has 0 radical (unpaired) electrons. The van der Waals surface area contributed by atoms with Crippen LogP contribution in [0.1, 0.15) is 36.5 Å². The zero-order valence-electron chi connectivity index (χ0n) is 17.5. The molecule has 0 saturated carbocycles. The molecule has 166 valence electrons. The van der Waals surface area contributed by atoms with E-state index in [2.05, 4.69) is 4.99 Å². The molecule has 2 aromatic rings. The van der Waals surface area contributed by atoms with Gasteiger partial charge in [0.1, 0.15) is 0 Å². The van der Waals surface area contributed by atoms with Crippen LogP contribution < -0.4 is 9.47 Å². The molecule has 1 aliphatic heterocycles. The number of methoxy groups -OCH3 is 1. The van der Waals surface area contributed by atoms with E-state index in [0.717, 1.165) is 0 Å². The molecule has 0 bridgehead atoms. The predicted molar refractivity (Wildman–Crippen MR) is 125 cm³/mol. The predicted octanol–water partition coefficient (Wildman–Crippen LogP) is 4.57. The van der Waals surface area contributed by atoms with E-state index in [1.165, 1.54) is 25.3 Å². The van der Waals surface area contributed by atoms with Crippen molar-refractivity contribution in [3.05, 3.63) is 66.4 Å². The summed E-state index contributed by atoms with van der Waals surface area (Å²) in [4.78, 5) is 39.0. The van der Waals surface area contributed by atoms with Gasteiger partial charge in [0, 0.05) is 23.6 Å². The summed E-state index contributed by atoms with van der Waals surface area (Å²) in [5.41, 5.74) is 1.50. The third-order valence-corrected chi connectivity index (χ3v) is 5.29. The summed E-state index contributed by atoms with van der Waals surface area (Å²) >= 11 is 2.02. The van der Waals surface area contributed by atoms with Crippen molar-refractivity contribution in [2.24, 2.45) is 4.99 Å². The monoisotopic (exact) mass is 550 g/mol. The van der Waals surface area contributed by atoms with E-state index in [9.17, 15) is 19.7 Å². The number of aryl methyl sites for hydroxylation is 1. The number of carbonyl (C=O) groups is 2. The minimum Gasteiger partial charge on any atom is -0.493 e. The summed E-state index contributed by atoms with van der Waals surface area (Å²) < 4.78 is 16.6. The molecule has 0 N–H and O–H groups in total. The lowest BCUT2D eigenvalue weighted by Crippen LogP contribution is -2.09. The van der Waals surface area contributed by atoms with E-state index in [1.54, 1.807) is 25.1 Å². The largest absolute Gasteiger partial charge is 0.493 e. The third-order valence-electron chi connectivity index (χ3n) is 4.49. The van der Waals surface area contributed by atoms with Gasteiger partial charge in [0.05, 0.1) is 15.6 Å². The first-order valence-electron chi connectivity index (χ1n) is 9.59. The van der Waals surface area contributed by atoms with Crippen molar-refractivity contribution in [2.75, 3.05) is 7.11 Å². The number of rotatable bonds is 7. The molecule has 1 heterocycles. The van der Waals surface area contributed by atoms with Crippen LogP contribution in [0.15, 0.2) is 41.0 Å². The van der Waals surface area contributed by atoms with Crippen molar-refractivity contribution in [1.29, 1.82) is 0 Å². The van der Waals surface area contributed by atoms with E-state index in [4.69, 9.17) is 14.2 Å². The Bertz CT molecular complexity index is 1170. The van der Waals surface area contributed by atoms with Gasteiger partial charge in [-0.05, 0) is 71.8 Å². The number of hydrogen-bond donors (Lipinski definition) is 0. The lowest BCUT2D eigenvalue weighted by atomic mass is 10.1. The number of cyclic esters (lactones) is 1. The van der Waals surface area contributed by atoms with Gasteiger partial charge in [-0.1, -0.05) is 6.92 Å². The number of halogens is 1. The second-order valence-electron chi connectivity index (χ2n) is 6.85. The van der Waals surface area contributed by atoms with Gasteiger partial charge in [0.2, 0.25) is 5.90 Å². The van der Waals surface area contributed by atoms with Crippen LogP contribution in [-0.4, -0.2) is 29.9 Å². The number of benzene rings is 2. The van der Waals surface area contributed by atoms with Gasteiger partial charge in [0.25, 0.3) is 5.69 Å². The Balaban J connectivity index is 1.92. The van der Waals surface area contributed by atoms with Crippen LogP contribution in [0, 0.1) is 20.6 Å². The maximum absolute atomic E-state index is 12.3. The topological polar surface area (TPSA) is 117 Å². The lowest BCUT2D eigenvalue weighted by molar-refractivity contribution is -0.385. The van der Waals surface area contributed by atoms with E-state index in [-0.39, 0.29) is 29.7 Å². The number of nitro groups is 1. The first-order chi connectivity index (χ1) is 15.2. The lowest BCUT2D eigenvalue weighted by Gasteiger charge is -2.12. The molecule has 9 nitrogen and oxygen atoms in total. The molecule has 0 fully saturated rings. The number of nitro benzene ring substituents is 1. The summed E-state index contributed by atoms with van der Waals surface area (Å²) in [5, 5.41) is 11.0. The molecule has 10 heteroatoms. The number of ether oxygens (including phenoxy) is 3. The van der Waals surface area contributed by atoms with Gasteiger partial charge in [0.15, 0.2) is 17.2 Å². The third kappa shape index (κ3) is 5.13. The fourth-order valence-corrected chi connectivity index (χ4v) is 3.71. The van der Waals surface area contributed by atoms with E-state index >= 15 is 0 Å². The van der Waals surface area contributed by atoms with Gasteiger partial charge in [-0.15, -0.1) is 0 Å². The average Bonchev–Trinajstić information content (AvgIpc) is 3.09. The smallest absolute Gasteiger partial charge is 0.363 e. The molecule has 0 saturated heterocycles. The molecule has 0 atom stereocenters. The van der Waals surface area contributed by atoms with E-state index < -0.39 is 10.9 Å². The molecule has 0 aliphatic carbocycles. The Morgan fingerprint density at radius 3 is 2.69 bits per heavy atom. The Hall–Kier alpha value is -3.28. The maximum atomic E-state index is 12.3. The fourth-order valence-electron chi connectivity index (χ4n) is 2.97. The maximum Gasteiger partial charge on any atom is 0.363 e. The van der Waals surface area contributed by atoms with Crippen LogP contribution in [0.4, 0.5) is 5.69 Å². The number of aliphatic imine (C=N–C) groups is 1. The molecule has 32 heavy (non-hydrogen) atoms. The normalized spacial score (nSPS) is 14.2. The zero-order valence-corrected chi connectivity index (χ0v) is 19.7. The average molecular weight is 550 g/mol. The summed E-state index contributed by atoms with van der Waals surface area (Å²) in [6.07, 6.45) is 2.48. The second kappa shape index (κ2) is 9.90. The summed E-state index contributed by atoms with van der Waals surface area (Å²) in [6, 6.07) is 7.71. The SMILES string of the molecule is CCCC(=O)Oc1c(I)cc(/C=C2\N=C(c3ccc([N+](=O)[O-])c(C)c3)OC2=O)cc1OC. The molecular weight excluding hydrogens is 531 g/mol.